The zero-order valence-corrected chi connectivity index (χ0v) is 23.0. The largest absolute Gasteiger partial charge is 0.487 e. The fraction of sp³-hybridized carbons (Fsp3) is 0.400. The van der Waals surface area contributed by atoms with Gasteiger partial charge in [-0.25, -0.2) is 22.5 Å². The number of hydrogen-bond acceptors (Lipinski definition) is 5. The lowest BCUT2D eigenvalue weighted by molar-refractivity contribution is -0.150. The van der Waals surface area contributed by atoms with E-state index in [1.54, 1.807) is 5.32 Å². The van der Waals surface area contributed by atoms with E-state index in [1.807, 2.05) is 0 Å². The molecule has 4 rings (SSSR count). The van der Waals surface area contributed by atoms with E-state index in [-0.39, 0.29) is 39.3 Å². The molecule has 0 atom stereocenters. The predicted octanol–water partition coefficient (Wildman–Crippen LogP) is 6.22. The Balaban J connectivity index is 1.60. The van der Waals surface area contributed by atoms with E-state index in [0.717, 1.165) is 6.07 Å². The van der Waals surface area contributed by atoms with Gasteiger partial charge in [-0.05, 0) is 17.7 Å². The first-order chi connectivity index (χ1) is 19.5. The minimum absolute atomic E-state index is 0.0713. The van der Waals surface area contributed by atoms with Gasteiger partial charge in [-0.2, -0.15) is 13.2 Å². The topological polar surface area (TPSA) is 97.3 Å². The molecule has 2 amide bonds. The molecule has 42 heavy (non-hydrogen) atoms. The van der Waals surface area contributed by atoms with Gasteiger partial charge in [0.25, 0.3) is 12.3 Å². The second kappa shape index (κ2) is 12.0. The van der Waals surface area contributed by atoms with Gasteiger partial charge in [-0.1, -0.05) is 29.3 Å². The summed E-state index contributed by atoms with van der Waals surface area (Å²) in [7, 11) is 1.51. The second-order valence-electron chi connectivity index (χ2n) is 9.53. The van der Waals surface area contributed by atoms with Crippen molar-refractivity contribution in [2.75, 3.05) is 18.5 Å². The molecule has 0 radical (unpaired) electrons. The highest BCUT2D eigenvalue weighted by Crippen LogP contribution is 2.42. The summed E-state index contributed by atoms with van der Waals surface area (Å²) < 4.78 is 96.1. The number of rotatable bonds is 10. The molecule has 1 heterocycles. The number of amides is 2. The van der Waals surface area contributed by atoms with Crippen molar-refractivity contribution in [1.29, 1.82) is 0 Å². The number of halogens is 9. The van der Waals surface area contributed by atoms with Crippen molar-refractivity contribution < 1.29 is 45.1 Å². The van der Waals surface area contributed by atoms with E-state index in [9.17, 15) is 40.3 Å². The number of benzene rings is 2. The molecule has 3 aromatic rings. The third-order valence-corrected chi connectivity index (χ3v) is 7.11. The minimum Gasteiger partial charge on any atom is -0.487 e. The number of fused-ring (bicyclic) bond motifs is 1. The fourth-order valence-corrected chi connectivity index (χ4v) is 4.72. The molecule has 3 N–H and O–H groups in total. The van der Waals surface area contributed by atoms with Crippen molar-refractivity contribution in [3.05, 3.63) is 45.4 Å². The number of aryl methyl sites for hydroxylation is 1. The summed E-state index contributed by atoms with van der Waals surface area (Å²) in [5, 5.41) is 7.35. The molecule has 1 aliphatic carbocycles. The Hall–Kier alpha value is -3.46. The van der Waals surface area contributed by atoms with Crippen molar-refractivity contribution in [2.45, 2.75) is 37.9 Å². The van der Waals surface area contributed by atoms with E-state index < -0.39 is 73.6 Å². The van der Waals surface area contributed by atoms with Gasteiger partial charge < -0.3 is 25.3 Å². The van der Waals surface area contributed by atoms with E-state index in [2.05, 4.69) is 15.6 Å². The summed E-state index contributed by atoms with van der Waals surface area (Å²) >= 11 is 12.8. The van der Waals surface area contributed by atoms with Crippen molar-refractivity contribution in [3.63, 3.8) is 0 Å². The first kappa shape index (κ1) is 31.5. The zero-order valence-electron chi connectivity index (χ0n) is 21.5. The number of alkyl halides is 7. The lowest BCUT2D eigenvalue weighted by Crippen LogP contribution is -2.44. The fourth-order valence-electron chi connectivity index (χ4n) is 4.19. The third kappa shape index (κ3) is 7.30. The molecule has 1 aliphatic rings. The van der Waals surface area contributed by atoms with Gasteiger partial charge in [0.05, 0.1) is 32.3 Å². The van der Waals surface area contributed by atoms with Crippen LogP contribution < -0.4 is 20.7 Å². The van der Waals surface area contributed by atoms with Crippen LogP contribution in [0.4, 0.5) is 42.4 Å². The second-order valence-corrected chi connectivity index (χ2v) is 10.3. The Morgan fingerprint density at radius 2 is 1.86 bits per heavy atom. The smallest absolute Gasteiger partial charge is 0.405 e. The Kier molecular flexibility index (Phi) is 9.02. The van der Waals surface area contributed by atoms with Gasteiger partial charge in [0.2, 0.25) is 17.8 Å². The highest BCUT2D eigenvalue weighted by molar-refractivity contribution is 6.39. The number of hydrogen-bond donors (Lipinski definition) is 3. The summed E-state index contributed by atoms with van der Waals surface area (Å²) in [4.78, 5) is 29.0. The normalized spacial score (nSPS) is 15.0. The van der Waals surface area contributed by atoms with E-state index in [1.165, 1.54) is 29.8 Å². The number of ether oxygens (including phenoxy) is 1. The number of imidazole rings is 1. The van der Waals surface area contributed by atoms with Crippen molar-refractivity contribution in [1.82, 2.24) is 20.2 Å². The van der Waals surface area contributed by atoms with Crippen LogP contribution in [0.1, 0.15) is 28.8 Å². The molecule has 1 saturated carbocycles. The number of nitrogens with one attached hydrogen (secondary N) is 3. The average Bonchev–Trinajstić information content (AvgIpc) is 3.19. The average molecular weight is 644 g/mol. The van der Waals surface area contributed by atoms with Crippen molar-refractivity contribution in [3.8, 4) is 5.75 Å². The van der Waals surface area contributed by atoms with Gasteiger partial charge in [-0.3, -0.25) is 9.59 Å². The summed E-state index contributed by atoms with van der Waals surface area (Å²) in [6, 6.07) is 5.26. The number of anilines is 2. The molecular weight excluding hydrogens is 622 g/mol. The number of aromatic nitrogens is 2. The SMILES string of the molecule is Cn1c(Nc2c(Cl)ccc(CNC(=O)C3CC(F)(F)C3)c2Cl)nc2cc(C(=O)NCC(F)(F)F)c(OCC(F)F)cc21. The number of nitrogens with zero attached hydrogens (tertiary/aromatic N) is 2. The van der Waals surface area contributed by atoms with Crippen LogP contribution in [0, 0.1) is 5.92 Å². The van der Waals surface area contributed by atoms with Crippen molar-refractivity contribution in [2.24, 2.45) is 13.0 Å². The molecule has 2 aromatic carbocycles. The Morgan fingerprint density at radius 3 is 2.48 bits per heavy atom. The molecule has 8 nitrogen and oxygen atoms in total. The predicted molar refractivity (Wildman–Crippen MR) is 140 cm³/mol. The monoisotopic (exact) mass is 643 g/mol. The number of carbonyl (C=O) groups is 2. The zero-order chi connectivity index (χ0) is 31.0. The molecule has 228 valence electrons. The molecule has 0 bridgehead atoms. The standard InChI is InChI=1S/C25H22Cl2F7N5O3/c1-39-16-5-17(42-9-18(28)29)13(22(41)36-10-25(32,33)34)4-15(16)37-23(39)38-20-14(26)3-2-11(19(20)27)8-35-21(40)12-6-24(30,31)7-12/h2-5,12,18H,6-10H2,1H3,(H,35,40)(H,36,41)(H,37,38). The maximum Gasteiger partial charge on any atom is 0.405 e. The first-order valence-corrected chi connectivity index (χ1v) is 13.0. The van der Waals surface area contributed by atoms with Crippen LogP contribution in [0.5, 0.6) is 5.75 Å². The van der Waals surface area contributed by atoms with Crippen molar-refractivity contribution >= 4 is 57.7 Å². The minimum atomic E-state index is -4.71. The molecule has 0 spiro atoms. The third-order valence-electron chi connectivity index (χ3n) is 6.36. The first-order valence-electron chi connectivity index (χ1n) is 12.2. The van der Waals surface area contributed by atoms with Crippen LogP contribution in [-0.2, 0) is 18.4 Å². The highest BCUT2D eigenvalue weighted by atomic mass is 35.5. The van der Waals surface area contributed by atoms with E-state index in [0.29, 0.717) is 5.56 Å². The quantitative estimate of drug-likeness (QED) is 0.228. The molecule has 1 fully saturated rings. The van der Waals surface area contributed by atoms with Crippen LogP contribution in [0.15, 0.2) is 24.3 Å². The van der Waals surface area contributed by atoms with Crippen LogP contribution in [0.25, 0.3) is 11.0 Å². The molecule has 0 unspecified atom stereocenters. The summed E-state index contributed by atoms with van der Waals surface area (Å²) in [5.74, 6) is -5.73. The summed E-state index contributed by atoms with van der Waals surface area (Å²) in [5.41, 5.74) is 0.441. The Morgan fingerprint density at radius 1 is 1.17 bits per heavy atom. The highest BCUT2D eigenvalue weighted by Gasteiger charge is 2.48. The van der Waals surface area contributed by atoms with Gasteiger partial charge in [0, 0.05) is 38.4 Å². The maximum absolute atomic E-state index is 13.1. The van der Waals surface area contributed by atoms with Gasteiger partial charge >= 0.3 is 6.18 Å². The van der Waals surface area contributed by atoms with Gasteiger partial charge in [-0.15, -0.1) is 0 Å². The van der Waals surface area contributed by atoms with Crippen LogP contribution >= 0.6 is 23.2 Å². The van der Waals surface area contributed by atoms with Crippen LogP contribution in [0.2, 0.25) is 10.0 Å². The molecule has 0 saturated heterocycles. The number of carbonyl (C=O) groups excluding carboxylic acids is 2. The summed E-state index contributed by atoms with van der Waals surface area (Å²) in [6.45, 7) is -2.87. The van der Waals surface area contributed by atoms with Crippen LogP contribution in [-0.4, -0.2) is 53.0 Å². The Labute approximate surface area is 243 Å². The maximum atomic E-state index is 13.1. The molecular formula is C25H22Cl2F7N5O3. The lowest BCUT2D eigenvalue weighted by Gasteiger charge is -2.33. The lowest BCUT2D eigenvalue weighted by atomic mass is 9.81. The van der Waals surface area contributed by atoms with Gasteiger partial charge in [0.15, 0.2) is 0 Å². The molecule has 0 aliphatic heterocycles. The van der Waals surface area contributed by atoms with E-state index in [4.69, 9.17) is 27.9 Å². The summed E-state index contributed by atoms with van der Waals surface area (Å²) in [6.07, 6.45) is -8.71. The van der Waals surface area contributed by atoms with E-state index >= 15 is 0 Å². The molecule has 1 aromatic heterocycles. The Bertz CT molecular complexity index is 1510. The molecule has 17 heteroatoms. The van der Waals surface area contributed by atoms with Crippen LogP contribution in [0.3, 0.4) is 0 Å². The van der Waals surface area contributed by atoms with Gasteiger partial charge in [0.1, 0.15) is 18.9 Å².